The monoisotopic (exact) mass is 263 g/mol. The summed E-state index contributed by atoms with van der Waals surface area (Å²) < 4.78 is 5.24. The zero-order chi connectivity index (χ0) is 14.0. The number of amides is 1. The Morgan fingerprint density at radius 2 is 2.21 bits per heavy atom. The fourth-order valence-electron chi connectivity index (χ4n) is 2.32. The zero-order valence-corrected chi connectivity index (χ0v) is 12.0. The molecule has 5 heteroatoms. The summed E-state index contributed by atoms with van der Waals surface area (Å²) in [6.45, 7) is 7.79. The highest BCUT2D eigenvalue weighted by molar-refractivity contribution is 5.86. The van der Waals surface area contributed by atoms with Crippen molar-refractivity contribution in [1.82, 2.24) is 15.2 Å². The summed E-state index contributed by atoms with van der Waals surface area (Å²) in [7, 11) is 1.64. The van der Waals surface area contributed by atoms with E-state index in [0.29, 0.717) is 13.1 Å². The first kappa shape index (κ1) is 13.8. The number of ether oxygens (including phenoxy) is 1. The van der Waals surface area contributed by atoms with E-state index >= 15 is 0 Å². The average molecular weight is 263 g/mol. The van der Waals surface area contributed by atoms with Crippen LogP contribution in [0.15, 0.2) is 12.1 Å². The quantitative estimate of drug-likeness (QED) is 0.887. The fourth-order valence-corrected chi connectivity index (χ4v) is 2.32. The third-order valence-electron chi connectivity index (χ3n) is 3.34. The number of rotatable bonds is 3. The first-order valence-electron chi connectivity index (χ1n) is 6.48. The zero-order valence-electron chi connectivity index (χ0n) is 12.0. The molecule has 1 aromatic rings. The summed E-state index contributed by atoms with van der Waals surface area (Å²) in [4.78, 5) is 18.6. The van der Waals surface area contributed by atoms with Gasteiger partial charge in [-0.3, -0.25) is 9.78 Å². The Morgan fingerprint density at radius 1 is 1.47 bits per heavy atom. The van der Waals surface area contributed by atoms with Gasteiger partial charge in [0.1, 0.15) is 5.75 Å². The standard InChI is InChI=1S/C14H21N3O2/c1-10-7-12(19-4)8-11(16-10)9-17-6-5-15-14(2,3)13(17)18/h7-8,15H,5-6,9H2,1-4H3. The average Bonchev–Trinajstić information content (AvgIpc) is 2.34. The molecule has 1 aromatic heterocycles. The van der Waals surface area contributed by atoms with Crippen molar-refractivity contribution in [1.29, 1.82) is 0 Å². The maximum atomic E-state index is 12.3. The van der Waals surface area contributed by atoms with Gasteiger partial charge in [0.2, 0.25) is 5.91 Å². The van der Waals surface area contributed by atoms with Gasteiger partial charge in [0.15, 0.2) is 0 Å². The van der Waals surface area contributed by atoms with Gasteiger partial charge in [0.25, 0.3) is 0 Å². The molecular weight excluding hydrogens is 242 g/mol. The van der Waals surface area contributed by atoms with Gasteiger partial charge >= 0.3 is 0 Å². The number of hydrogen-bond acceptors (Lipinski definition) is 4. The molecule has 0 saturated carbocycles. The van der Waals surface area contributed by atoms with E-state index in [-0.39, 0.29) is 5.91 Å². The van der Waals surface area contributed by atoms with Crippen LogP contribution < -0.4 is 10.1 Å². The Labute approximate surface area is 114 Å². The lowest BCUT2D eigenvalue weighted by molar-refractivity contribution is -0.140. The summed E-state index contributed by atoms with van der Waals surface area (Å²) >= 11 is 0. The molecule has 0 radical (unpaired) electrons. The highest BCUT2D eigenvalue weighted by Gasteiger charge is 2.35. The third kappa shape index (κ3) is 3.04. The predicted molar refractivity (Wildman–Crippen MR) is 73.0 cm³/mol. The second-order valence-corrected chi connectivity index (χ2v) is 5.42. The molecule has 5 nitrogen and oxygen atoms in total. The van der Waals surface area contributed by atoms with E-state index in [1.807, 2.05) is 37.8 Å². The van der Waals surface area contributed by atoms with Crippen molar-refractivity contribution in [2.45, 2.75) is 32.9 Å². The summed E-state index contributed by atoms with van der Waals surface area (Å²) in [6, 6.07) is 3.77. The van der Waals surface area contributed by atoms with E-state index < -0.39 is 5.54 Å². The Balaban J connectivity index is 2.16. The first-order valence-corrected chi connectivity index (χ1v) is 6.48. The molecule has 0 aliphatic carbocycles. The van der Waals surface area contributed by atoms with Crippen LogP contribution in [-0.2, 0) is 11.3 Å². The van der Waals surface area contributed by atoms with Gasteiger partial charge in [0, 0.05) is 30.9 Å². The van der Waals surface area contributed by atoms with Gasteiger partial charge in [-0.15, -0.1) is 0 Å². The molecule has 0 atom stereocenters. The molecular formula is C14H21N3O2. The molecule has 19 heavy (non-hydrogen) atoms. The van der Waals surface area contributed by atoms with Crippen LogP contribution in [0.5, 0.6) is 5.75 Å². The lowest BCUT2D eigenvalue weighted by Crippen LogP contribution is -2.60. The Kier molecular flexibility index (Phi) is 3.75. The first-order chi connectivity index (χ1) is 8.92. The lowest BCUT2D eigenvalue weighted by atomic mass is 10.0. The number of piperazine rings is 1. The molecule has 1 aliphatic rings. The molecule has 1 N–H and O–H groups in total. The molecule has 0 aromatic carbocycles. The summed E-state index contributed by atoms with van der Waals surface area (Å²) in [5.41, 5.74) is 1.27. The van der Waals surface area contributed by atoms with Crippen molar-refractivity contribution in [2.75, 3.05) is 20.2 Å². The van der Waals surface area contributed by atoms with Gasteiger partial charge in [-0.25, -0.2) is 0 Å². The van der Waals surface area contributed by atoms with Crippen molar-refractivity contribution in [3.63, 3.8) is 0 Å². The Hall–Kier alpha value is -1.62. The summed E-state index contributed by atoms with van der Waals surface area (Å²) in [6.07, 6.45) is 0. The smallest absolute Gasteiger partial charge is 0.242 e. The number of hydrogen-bond donors (Lipinski definition) is 1. The van der Waals surface area contributed by atoms with Gasteiger partial charge in [-0.05, 0) is 20.8 Å². The second kappa shape index (κ2) is 5.17. The van der Waals surface area contributed by atoms with Crippen LogP contribution in [0.2, 0.25) is 0 Å². The van der Waals surface area contributed by atoms with Crippen LogP contribution >= 0.6 is 0 Å². The fraction of sp³-hybridized carbons (Fsp3) is 0.571. The molecule has 0 unspecified atom stereocenters. The van der Waals surface area contributed by atoms with Crippen LogP contribution in [0, 0.1) is 6.92 Å². The number of aryl methyl sites for hydroxylation is 1. The van der Waals surface area contributed by atoms with E-state index in [9.17, 15) is 4.79 Å². The summed E-state index contributed by atoms with van der Waals surface area (Å²) in [5, 5.41) is 3.22. The molecule has 2 heterocycles. The molecule has 0 bridgehead atoms. The topological polar surface area (TPSA) is 54.5 Å². The minimum Gasteiger partial charge on any atom is -0.497 e. The molecule has 1 fully saturated rings. The normalized spacial score (nSPS) is 18.5. The number of pyridine rings is 1. The second-order valence-electron chi connectivity index (χ2n) is 5.42. The number of nitrogens with one attached hydrogen (secondary N) is 1. The van der Waals surface area contributed by atoms with E-state index in [0.717, 1.165) is 23.7 Å². The van der Waals surface area contributed by atoms with Crippen molar-refractivity contribution in [3.8, 4) is 5.75 Å². The van der Waals surface area contributed by atoms with Gasteiger partial charge < -0.3 is 15.0 Å². The van der Waals surface area contributed by atoms with Crippen molar-refractivity contribution in [3.05, 3.63) is 23.5 Å². The largest absolute Gasteiger partial charge is 0.497 e. The molecule has 1 saturated heterocycles. The molecule has 0 spiro atoms. The highest BCUT2D eigenvalue weighted by Crippen LogP contribution is 2.18. The molecule has 104 valence electrons. The predicted octanol–water partition coefficient (Wildman–Crippen LogP) is 1.11. The van der Waals surface area contributed by atoms with Crippen molar-refractivity contribution in [2.24, 2.45) is 0 Å². The Morgan fingerprint density at radius 3 is 2.89 bits per heavy atom. The number of carbonyl (C=O) groups is 1. The molecule has 1 amide bonds. The van der Waals surface area contributed by atoms with E-state index in [1.165, 1.54) is 0 Å². The van der Waals surface area contributed by atoms with Crippen LogP contribution in [0.3, 0.4) is 0 Å². The maximum Gasteiger partial charge on any atom is 0.242 e. The summed E-state index contributed by atoms with van der Waals surface area (Å²) in [5.74, 6) is 0.894. The van der Waals surface area contributed by atoms with E-state index in [2.05, 4.69) is 10.3 Å². The Bertz CT molecular complexity index is 486. The van der Waals surface area contributed by atoms with Crippen molar-refractivity contribution < 1.29 is 9.53 Å². The number of nitrogens with zero attached hydrogens (tertiary/aromatic N) is 2. The van der Waals surface area contributed by atoms with Crippen LogP contribution in [0.25, 0.3) is 0 Å². The van der Waals surface area contributed by atoms with Gasteiger partial charge in [0.05, 0.1) is 24.9 Å². The number of carbonyl (C=O) groups excluding carboxylic acids is 1. The van der Waals surface area contributed by atoms with Crippen molar-refractivity contribution >= 4 is 5.91 Å². The minimum atomic E-state index is -0.494. The SMILES string of the molecule is COc1cc(C)nc(CN2CCNC(C)(C)C2=O)c1. The van der Waals surface area contributed by atoms with Gasteiger partial charge in [-0.1, -0.05) is 0 Å². The van der Waals surface area contributed by atoms with Crippen LogP contribution in [0.1, 0.15) is 25.2 Å². The van der Waals surface area contributed by atoms with Crippen LogP contribution in [-0.4, -0.2) is 41.5 Å². The lowest BCUT2D eigenvalue weighted by Gasteiger charge is -2.38. The number of aromatic nitrogens is 1. The third-order valence-corrected chi connectivity index (χ3v) is 3.34. The van der Waals surface area contributed by atoms with E-state index in [1.54, 1.807) is 7.11 Å². The minimum absolute atomic E-state index is 0.112. The molecule has 2 rings (SSSR count). The van der Waals surface area contributed by atoms with Gasteiger partial charge in [-0.2, -0.15) is 0 Å². The van der Waals surface area contributed by atoms with Crippen LogP contribution in [0.4, 0.5) is 0 Å². The molecule has 1 aliphatic heterocycles. The highest BCUT2D eigenvalue weighted by atomic mass is 16.5. The van der Waals surface area contributed by atoms with E-state index in [4.69, 9.17) is 4.74 Å². The number of methoxy groups -OCH3 is 1. The maximum absolute atomic E-state index is 12.3.